The first kappa shape index (κ1) is 25.1. The minimum atomic E-state index is -0.338. The minimum absolute atomic E-state index is 0.117. The number of amides is 2. The molecule has 34 heavy (non-hydrogen) atoms. The van der Waals surface area contributed by atoms with Crippen LogP contribution in [0.4, 0.5) is 5.69 Å². The van der Waals surface area contributed by atoms with Crippen molar-refractivity contribution in [2.45, 2.75) is 38.0 Å². The van der Waals surface area contributed by atoms with Crippen LogP contribution in [0.5, 0.6) is 11.5 Å². The lowest BCUT2D eigenvalue weighted by atomic mass is 10.1. The predicted molar refractivity (Wildman–Crippen MR) is 131 cm³/mol. The molecule has 2 amide bonds. The molecule has 0 unspecified atom stereocenters. The molecule has 0 aliphatic rings. The zero-order valence-corrected chi connectivity index (χ0v) is 20.5. The van der Waals surface area contributed by atoms with Crippen molar-refractivity contribution in [2.75, 3.05) is 25.3 Å². The molecule has 0 bridgehead atoms. The van der Waals surface area contributed by atoms with Crippen molar-refractivity contribution in [3.05, 3.63) is 59.9 Å². The first-order valence-electron chi connectivity index (χ1n) is 10.9. The largest absolute Gasteiger partial charge is 0.497 e. The molecule has 3 rings (SSSR count). The average Bonchev–Trinajstić information content (AvgIpc) is 3.26. The molecule has 2 N–H and O–H groups in total. The van der Waals surface area contributed by atoms with E-state index in [0.717, 1.165) is 11.3 Å². The molecule has 0 aliphatic carbocycles. The van der Waals surface area contributed by atoms with Crippen molar-refractivity contribution in [3.8, 4) is 11.5 Å². The van der Waals surface area contributed by atoms with E-state index >= 15 is 0 Å². The van der Waals surface area contributed by atoms with Gasteiger partial charge in [-0.3, -0.25) is 9.59 Å². The van der Waals surface area contributed by atoms with Gasteiger partial charge in [-0.1, -0.05) is 36.0 Å². The van der Waals surface area contributed by atoms with Gasteiger partial charge in [0.2, 0.25) is 11.8 Å². The van der Waals surface area contributed by atoms with E-state index in [4.69, 9.17) is 9.47 Å². The van der Waals surface area contributed by atoms with Crippen molar-refractivity contribution in [1.29, 1.82) is 0 Å². The van der Waals surface area contributed by atoms with Crippen LogP contribution in [0.25, 0.3) is 0 Å². The number of hydrogen-bond donors (Lipinski definition) is 2. The Balaban J connectivity index is 1.58. The van der Waals surface area contributed by atoms with Crippen LogP contribution in [0.3, 0.4) is 0 Å². The van der Waals surface area contributed by atoms with E-state index in [-0.39, 0.29) is 30.0 Å². The molecule has 0 spiro atoms. The summed E-state index contributed by atoms with van der Waals surface area (Å²) in [5.74, 6) is 1.85. The molecule has 10 heteroatoms. The Kier molecular flexibility index (Phi) is 8.92. The summed E-state index contributed by atoms with van der Waals surface area (Å²) in [6.07, 6.45) is 0.249. The number of hydrogen-bond acceptors (Lipinski definition) is 7. The topological polar surface area (TPSA) is 107 Å². The molecule has 9 nitrogen and oxygen atoms in total. The highest BCUT2D eigenvalue weighted by atomic mass is 32.2. The van der Waals surface area contributed by atoms with E-state index < -0.39 is 0 Å². The van der Waals surface area contributed by atoms with Crippen LogP contribution < -0.4 is 20.1 Å². The first-order chi connectivity index (χ1) is 16.4. The van der Waals surface area contributed by atoms with E-state index in [9.17, 15) is 9.59 Å². The number of carbonyl (C=O) groups is 2. The normalized spacial score (nSPS) is 11.5. The summed E-state index contributed by atoms with van der Waals surface area (Å²) in [5, 5.41) is 14.9. The van der Waals surface area contributed by atoms with Gasteiger partial charge in [0.25, 0.3) is 0 Å². The maximum Gasteiger partial charge on any atom is 0.234 e. The molecule has 1 heterocycles. The van der Waals surface area contributed by atoms with Gasteiger partial charge in [0, 0.05) is 6.54 Å². The Labute approximate surface area is 203 Å². The number of nitrogens with one attached hydrogen (secondary N) is 2. The summed E-state index contributed by atoms with van der Waals surface area (Å²) >= 11 is 1.29. The number of para-hydroxylation sites is 2. The van der Waals surface area contributed by atoms with E-state index in [1.165, 1.54) is 11.8 Å². The third-order valence-corrected chi connectivity index (χ3v) is 6.03. The fourth-order valence-corrected chi connectivity index (χ4v) is 4.18. The molecule has 1 atom stereocenters. The Hall–Kier alpha value is -3.53. The fraction of sp³-hybridized carbons (Fsp3) is 0.333. The van der Waals surface area contributed by atoms with E-state index in [2.05, 4.69) is 20.8 Å². The average molecular weight is 484 g/mol. The third kappa shape index (κ3) is 6.50. The smallest absolute Gasteiger partial charge is 0.234 e. The van der Waals surface area contributed by atoms with Crippen LogP contribution >= 0.6 is 11.8 Å². The third-order valence-electron chi connectivity index (χ3n) is 5.06. The van der Waals surface area contributed by atoms with Crippen LogP contribution in [-0.4, -0.2) is 46.6 Å². The molecule has 2 aromatic carbocycles. The lowest BCUT2D eigenvalue weighted by molar-refractivity contribution is -0.121. The standard InChI is InChI=1S/C24H29N5O4S/c1-5-29-23(16(2)25-21(30)14-17-10-12-18(32-3)13-11-17)27-28-24(29)34-15-22(31)26-19-8-6-7-9-20(19)33-4/h6-13,16H,5,14-15H2,1-4H3,(H,25,30)(H,26,31)/t16-/m0/s1. The summed E-state index contributed by atoms with van der Waals surface area (Å²) in [6, 6.07) is 14.3. The first-order valence-corrected chi connectivity index (χ1v) is 11.8. The molecular weight excluding hydrogens is 454 g/mol. The number of aromatic nitrogens is 3. The predicted octanol–water partition coefficient (Wildman–Crippen LogP) is 3.47. The number of carbonyl (C=O) groups excluding carboxylic acids is 2. The molecule has 0 saturated carbocycles. The molecule has 1 aromatic heterocycles. The summed E-state index contributed by atoms with van der Waals surface area (Å²) in [6.45, 7) is 4.44. The Morgan fingerprint density at radius 2 is 1.76 bits per heavy atom. The maximum absolute atomic E-state index is 12.5. The van der Waals surface area contributed by atoms with Crippen LogP contribution in [-0.2, 0) is 22.6 Å². The molecule has 180 valence electrons. The van der Waals surface area contributed by atoms with Gasteiger partial charge in [0.1, 0.15) is 11.5 Å². The second-order valence-electron chi connectivity index (χ2n) is 7.44. The lowest BCUT2D eigenvalue weighted by Crippen LogP contribution is -2.30. The van der Waals surface area contributed by atoms with E-state index in [1.807, 2.05) is 54.8 Å². The van der Waals surface area contributed by atoms with Crippen molar-refractivity contribution >= 4 is 29.3 Å². The zero-order chi connectivity index (χ0) is 24.5. The van der Waals surface area contributed by atoms with Gasteiger partial charge >= 0.3 is 0 Å². The highest BCUT2D eigenvalue weighted by Crippen LogP contribution is 2.25. The number of ether oxygens (including phenoxy) is 2. The van der Waals surface area contributed by atoms with E-state index in [1.54, 1.807) is 26.4 Å². The Morgan fingerprint density at radius 3 is 2.44 bits per heavy atom. The Morgan fingerprint density at radius 1 is 1.03 bits per heavy atom. The van der Waals surface area contributed by atoms with Crippen LogP contribution in [0.15, 0.2) is 53.7 Å². The monoisotopic (exact) mass is 483 g/mol. The van der Waals surface area contributed by atoms with Gasteiger partial charge in [-0.05, 0) is 43.7 Å². The number of methoxy groups -OCH3 is 2. The number of thioether (sulfide) groups is 1. The molecule has 0 aliphatic heterocycles. The fourth-order valence-electron chi connectivity index (χ4n) is 3.37. The summed E-state index contributed by atoms with van der Waals surface area (Å²) < 4.78 is 12.3. The van der Waals surface area contributed by atoms with Crippen molar-refractivity contribution < 1.29 is 19.1 Å². The van der Waals surface area contributed by atoms with Crippen LogP contribution in [0.2, 0.25) is 0 Å². The van der Waals surface area contributed by atoms with Gasteiger partial charge in [-0.15, -0.1) is 10.2 Å². The zero-order valence-electron chi connectivity index (χ0n) is 19.7. The number of rotatable bonds is 11. The molecule has 3 aromatic rings. The maximum atomic E-state index is 12.5. The van der Waals surface area contributed by atoms with Crippen molar-refractivity contribution in [1.82, 2.24) is 20.1 Å². The van der Waals surface area contributed by atoms with Crippen LogP contribution in [0.1, 0.15) is 31.3 Å². The molecule has 0 saturated heterocycles. The number of anilines is 1. The summed E-state index contributed by atoms with van der Waals surface area (Å²) in [7, 11) is 3.16. The van der Waals surface area contributed by atoms with Gasteiger partial charge in [-0.25, -0.2) is 0 Å². The highest BCUT2D eigenvalue weighted by molar-refractivity contribution is 7.99. The summed E-state index contributed by atoms with van der Waals surface area (Å²) in [4.78, 5) is 25.0. The number of nitrogens with zero attached hydrogens (tertiary/aromatic N) is 3. The quantitative estimate of drug-likeness (QED) is 0.402. The van der Waals surface area contributed by atoms with Gasteiger partial charge in [0.05, 0.1) is 38.1 Å². The molecule has 0 radical (unpaired) electrons. The highest BCUT2D eigenvalue weighted by Gasteiger charge is 2.20. The van der Waals surface area contributed by atoms with Crippen molar-refractivity contribution in [2.24, 2.45) is 0 Å². The second-order valence-corrected chi connectivity index (χ2v) is 8.38. The lowest BCUT2D eigenvalue weighted by Gasteiger charge is -2.15. The van der Waals surface area contributed by atoms with Gasteiger partial charge in [-0.2, -0.15) is 0 Å². The number of benzene rings is 2. The SMILES string of the molecule is CCn1c(SCC(=O)Nc2ccccc2OC)nnc1[C@H](C)NC(=O)Cc1ccc(OC)cc1. The van der Waals surface area contributed by atoms with Gasteiger partial charge in [0.15, 0.2) is 11.0 Å². The molecular formula is C24H29N5O4S. The summed E-state index contributed by atoms with van der Waals surface area (Å²) in [5.41, 5.74) is 1.50. The Bertz CT molecular complexity index is 1120. The van der Waals surface area contributed by atoms with Crippen LogP contribution in [0, 0.1) is 0 Å². The minimum Gasteiger partial charge on any atom is -0.497 e. The van der Waals surface area contributed by atoms with Crippen molar-refractivity contribution in [3.63, 3.8) is 0 Å². The van der Waals surface area contributed by atoms with Gasteiger partial charge < -0.3 is 24.7 Å². The second kappa shape index (κ2) is 12.1. The molecule has 0 fully saturated rings. The van der Waals surface area contributed by atoms with E-state index in [0.29, 0.717) is 29.0 Å².